The van der Waals surface area contributed by atoms with E-state index in [1.165, 1.54) is 47.4 Å². The van der Waals surface area contributed by atoms with E-state index in [9.17, 15) is 18.0 Å². The fourth-order valence-corrected chi connectivity index (χ4v) is 2.86. The summed E-state index contributed by atoms with van der Waals surface area (Å²) in [6.45, 7) is 1.82. The fraction of sp³-hybridized carbons (Fsp3) is 0.100. The Balaban J connectivity index is 1.73. The number of hydrogen-bond donors (Lipinski definition) is 1. The number of alkyl halides is 3. The highest BCUT2D eigenvalue weighted by atomic mass is 19.4. The molecule has 0 radical (unpaired) electrons. The number of hydrogen-bond acceptors (Lipinski definition) is 5. The maximum Gasteiger partial charge on any atom is 0.573 e. The maximum absolute atomic E-state index is 12.7. The second-order valence-corrected chi connectivity index (χ2v) is 6.33. The number of nitrogens with one attached hydrogen (secondary N) is 1. The fourth-order valence-electron chi connectivity index (χ4n) is 2.86. The molecule has 0 aliphatic carbocycles. The van der Waals surface area contributed by atoms with Crippen molar-refractivity contribution >= 4 is 17.2 Å². The molecule has 10 heteroatoms. The molecule has 0 saturated carbocycles. The summed E-state index contributed by atoms with van der Waals surface area (Å²) in [5, 5.41) is 6.83. The van der Waals surface area contributed by atoms with Crippen LogP contribution in [0.15, 0.2) is 61.2 Å². The lowest BCUT2D eigenvalue weighted by atomic mass is 10.1. The number of nitrogens with zero attached hydrogens (tertiary/aromatic N) is 4. The molecule has 0 bridgehead atoms. The van der Waals surface area contributed by atoms with Crippen LogP contribution in [0.5, 0.6) is 5.75 Å². The van der Waals surface area contributed by atoms with E-state index in [2.05, 4.69) is 25.1 Å². The van der Waals surface area contributed by atoms with Gasteiger partial charge in [0.25, 0.3) is 5.91 Å². The third kappa shape index (κ3) is 3.93. The molecule has 0 aliphatic heterocycles. The van der Waals surface area contributed by atoms with Gasteiger partial charge in [0, 0.05) is 18.0 Å². The van der Waals surface area contributed by atoms with E-state index in [-0.39, 0.29) is 22.5 Å². The summed E-state index contributed by atoms with van der Waals surface area (Å²) >= 11 is 0. The Morgan fingerprint density at radius 2 is 1.93 bits per heavy atom. The Bertz CT molecular complexity index is 1240. The second-order valence-electron chi connectivity index (χ2n) is 6.33. The lowest BCUT2D eigenvalue weighted by Gasteiger charge is -2.13. The Labute approximate surface area is 168 Å². The number of aromatic nitrogens is 4. The highest BCUT2D eigenvalue weighted by Gasteiger charge is 2.32. The van der Waals surface area contributed by atoms with Crippen molar-refractivity contribution in [2.45, 2.75) is 13.3 Å². The van der Waals surface area contributed by atoms with E-state index in [1.807, 2.05) is 6.92 Å². The average Bonchev–Trinajstić information content (AvgIpc) is 3.12. The zero-order valence-corrected chi connectivity index (χ0v) is 15.5. The Morgan fingerprint density at radius 1 is 1.13 bits per heavy atom. The maximum atomic E-state index is 12.7. The first kappa shape index (κ1) is 19.4. The lowest BCUT2D eigenvalue weighted by Crippen LogP contribution is -2.17. The van der Waals surface area contributed by atoms with Crippen molar-refractivity contribution in [2.75, 3.05) is 5.32 Å². The van der Waals surface area contributed by atoms with Gasteiger partial charge >= 0.3 is 6.36 Å². The van der Waals surface area contributed by atoms with Crippen LogP contribution in [0.2, 0.25) is 0 Å². The number of anilines is 1. The molecular weight excluding hydrogens is 399 g/mol. The Morgan fingerprint density at radius 3 is 2.70 bits per heavy atom. The highest BCUT2D eigenvalue weighted by molar-refractivity contribution is 6.08. The van der Waals surface area contributed by atoms with E-state index >= 15 is 0 Å². The molecule has 0 saturated heterocycles. The van der Waals surface area contributed by atoms with Crippen LogP contribution < -0.4 is 10.1 Å². The number of amides is 1. The number of aryl methyl sites for hydroxylation is 1. The molecule has 30 heavy (non-hydrogen) atoms. The zero-order valence-electron chi connectivity index (χ0n) is 15.5. The minimum Gasteiger partial charge on any atom is -0.405 e. The van der Waals surface area contributed by atoms with E-state index in [0.717, 1.165) is 5.56 Å². The predicted octanol–water partition coefficient (Wildman–Crippen LogP) is 4.25. The first-order valence-corrected chi connectivity index (χ1v) is 8.73. The summed E-state index contributed by atoms with van der Waals surface area (Å²) in [5.41, 5.74) is 2.04. The van der Waals surface area contributed by atoms with Crippen molar-refractivity contribution in [3.63, 3.8) is 0 Å². The highest BCUT2D eigenvalue weighted by Crippen LogP contribution is 2.33. The standard InChI is InChI=1S/C20H14F3N5O2/c1-12-6-8-24-11-16(12)27-19(29)14-10-25-28-9-7-15(26-18(14)28)13-4-2-3-5-17(13)30-20(21,22)23/h2-11H,1H3,(H,27,29). The number of carbonyl (C=O) groups is 1. The largest absolute Gasteiger partial charge is 0.573 e. The van der Waals surface area contributed by atoms with Gasteiger partial charge in [-0.3, -0.25) is 9.78 Å². The van der Waals surface area contributed by atoms with Crippen LogP contribution in [-0.2, 0) is 0 Å². The molecule has 3 heterocycles. The van der Waals surface area contributed by atoms with Crippen LogP contribution in [0.25, 0.3) is 16.9 Å². The SMILES string of the molecule is Cc1ccncc1NC(=O)c1cnn2ccc(-c3ccccc3OC(F)(F)F)nc12. The van der Waals surface area contributed by atoms with Crippen molar-refractivity contribution in [3.8, 4) is 17.0 Å². The Hall–Kier alpha value is -3.95. The quantitative estimate of drug-likeness (QED) is 0.541. The van der Waals surface area contributed by atoms with Gasteiger partial charge in [0.1, 0.15) is 11.3 Å². The summed E-state index contributed by atoms with van der Waals surface area (Å²) in [5.74, 6) is -0.857. The molecule has 1 N–H and O–H groups in total. The molecule has 1 amide bonds. The first-order valence-electron chi connectivity index (χ1n) is 8.73. The predicted molar refractivity (Wildman–Crippen MR) is 102 cm³/mol. The third-order valence-corrected chi connectivity index (χ3v) is 4.29. The number of para-hydroxylation sites is 1. The van der Waals surface area contributed by atoms with Gasteiger partial charge in [0.2, 0.25) is 0 Å². The molecule has 4 rings (SSSR count). The first-order chi connectivity index (χ1) is 14.3. The lowest BCUT2D eigenvalue weighted by molar-refractivity contribution is -0.274. The molecule has 4 aromatic rings. The smallest absolute Gasteiger partial charge is 0.405 e. The molecule has 7 nitrogen and oxygen atoms in total. The number of ether oxygens (including phenoxy) is 1. The minimum atomic E-state index is -4.84. The van der Waals surface area contributed by atoms with Gasteiger partial charge in [0.05, 0.1) is 23.8 Å². The molecule has 0 atom stereocenters. The summed E-state index contributed by atoms with van der Waals surface area (Å²) in [6, 6.07) is 8.89. The summed E-state index contributed by atoms with van der Waals surface area (Å²) < 4.78 is 43.7. The average molecular weight is 413 g/mol. The zero-order chi connectivity index (χ0) is 21.3. The Kier molecular flexibility index (Phi) is 4.82. The van der Waals surface area contributed by atoms with Crippen molar-refractivity contribution in [2.24, 2.45) is 0 Å². The van der Waals surface area contributed by atoms with Gasteiger partial charge in [0.15, 0.2) is 5.65 Å². The van der Waals surface area contributed by atoms with Gasteiger partial charge in [-0.05, 0) is 36.8 Å². The molecule has 0 unspecified atom stereocenters. The van der Waals surface area contributed by atoms with Crippen LogP contribution >= 0.6 is 0 Å². The number of halogens is 3. The van der Waals surface area contributed by atoms with E-state index in [4.69, 9.17) is 0 Å². The van der Waals surface area contributed by atoms with Gasteiger partial charge in [-0.15, -0.1) is 13.2 Å². The minimum absolute atomic E-state index is 0.132. The van der Waals surface area contributed by atoms with Crippen LogP contribution in [0, 0.1) is 6.92 Å². The molecule has 0 spiro atoms. The molecule has 3 aromatic heterocycles. The normalized spacial score (nSPS) is 11.5. The van der Waals surface area contributed by atoms with Crippen LogP contribution in [-0.4, -0.2) is 31.9 Å². The third-order valence-electron chi connectivity index (χ3n) is 4.29. The molecule has 0 aliphatic rings. The molecule has 1 aromatic carbocycles. The van der Waals surface area contributed by atoms with E-state index in [0.29, 0.717) is 5.69 Å². The molecular formula is C20H14F3N5O2. The number of pyridine rings is 1. The van der Waals surface area contributed by atoms with Gasteiger partial charge in [-0.2, -0.15) is 5.10 Å². The van der Waals surface area contributed by atoms with Gasteiger partial charge in [-0.25, -0.2) is 9.50 Å². The molecule has 152 valence electrons. The van der Waals surface area contributed by atoms with E-state index in [1.54, 1.807) is 18.3 Å². The molecule has 0 fully saturated rings. The van der Waals surface area contributed by atoms with Crippen molar-refractivity contribution in [1.29, 1.82) is 0 Å². The van der Waals surface area contributed by atoms with Crippen molar-refractivity contribution in [1.82, 2.24) is 19.6 Å². The topological polar surface area (TPSA) is 81.4 Å². The van der Waals surface area contributed by atoms with Crippen LogP contribution in [0.3, 0.4) is 0 Å². The van der Waals surface area contributed by atoms with Crippen molar-refractivity contribution in [3.05, 3.63) is 72.3 Å². The van der Waals surface area contributed by atoms with E-state index < -0.39 is 18.0 Å². The van der Waals surface area contributed by atoms with Crippen molar-refractivity contribution < 1.29 is 22.7 Å². The monoisotopic (exact) mass is 413 g/mol. The number of carbonyl (C=O) groups excluding carboxylic acids is 1. The second kappa shape index (κ2) is 7.47. The summed E-state index contributed by atoms with van der Waals surface area (Å²) in [6.07, 6.45) is 1.12. The van der Waals surface area contributed by atoms with Crippen LogP contribution in [0.4, 0.5) is 18.9 Å². The number of fused-ring (bicyclic) bond motifs is 1. The van der Waals surface area contributed by atoms with Gasteiger partial charge in [-0.1, -0.05) is 12.1 Å². The number of benzene rings is 1. The van der Waals surface area contributed by atoms with Crippen LogP contribution in [0.1, 0.15) is 15.9 Å². The number of rotatable bonds is 4. The summed E-state index contributed by atoms with van der Waals surface area (Å²) in [4.78, 5) is 21.1. The summed E-state index contributed by atoms with van der Waals surface area (Å²) in [7, 11) is 0. The van der Waals surface area contributed by atoms with Gasteiger partial charge < -0.3 is 10.1 Å².